The fourth-order valence-corrected chi connectivity index (χ4v) is 3.47. The second-order valence-corrected chi connectivity index (χ2v) is 7.52. The zero-order valence-electron chi connectivity index (χ0n) is 14.8. The van der Waals surface area contributed by atoms with Crippen molar-refractivity contribution in [1.29, 1.82) is 0 Å². The van der Waals surface area contributed by atoms with Gasteiger partial charge in [-0.05, 0) is 61.2 Å². The number of ether oxygens (including phenoxy) is 2. The first-order valence-corrected chi connectivity index (χ1v) is 9.40. The zero-order valence-corrected chi connectivity index (χ0v) is 15.6. The van der Waals surface area contributed by atoms with Gasteiger partial charge < -0.3 is 9.47 Å². The van der Waals surface area contributed by atoms with Gasteiger partial charge in [0.25, 0.3) is 0 Å². The van der Waals surface area contributed by atoms with Crippen molar-refractivity contribution in [3.05, 3.63) is 53.1 Å². The van der Waals surface area contributed by atoms with Gasteiger partial charge in [-0.25, -0.2) is 13.1 Å². The molecule has 8 heteroatoms. The molecule has 0 spiro atoms. The highest BCUT2D eigenvalue weighted by Gasteiger charge is 2.15. The summed E-state index contributed by atoms with van der Waals surface area (Å²) in [5.74, 6) is 0.0989. The molecule has 2 aromatic carbocycles. The number of benzene rings is 2. The SMILES string of the molecule is COc1cc(CCNS(=O)(=O)c2ccc(C)c(C)c2)ccc1OC(F)F. The summed E-state index contributed by atoms with van der Waals surface area (Å²) in [5, 5.41) is 0. The first-order chi connectivity index (χ1) is 12.2. The largest absolute Gasteiger partial charge is 0.493 e. The number of alkyl halides is 2. The molecule has 142 valence electrons. The van der Waals surface area contributed by atoms with Crippen LogP contribution in [0.4, 0.5) is 8.78 Å². The van der Waals surface area contributed by atoms with E-state index in [1.54, 1.807) is 30.3 Å². The normalized spacial score (nSPS) is 11.6. The zero-order chi connectivity index (χ0) is 19.3. The topological polar surface area (TPSA) is 64.6 Å². The average molecular weight is 385 g/mol. The minimum Gasteiger partial charge on any atom is -0.493 e. The Bertz CT molecular complexity index is 869. The lowest BCUT2D eigenvalue weighted by atomic mass is 10.1. The number of hydrogen-bond donors (Lipinski definition) is 1. The van der Waals surface area contributed by atoms with Crippen LogP contribution in [0.15, 0.2) is 41.3 Å². The van der Waals surface area contributed by atoms with E-state index in [-0.39, 0.29) is 22.9 Å². The number of aryl methyl sites for hydroxylation is 2. The lowest BCUT2D eigenvalue weighted by molar-refractivity contribution is -0.0512. The second-order valence-electron chi connectivity index (χ2n) is 5.76. The van der Waals surface area contributed by atoms with E-state index in [9.17, 15) is 17.2 Å². The lowest BCUT2D eigenvalue weighted by Gasteiger charge is -2.12. The minimum atomic E-state index is -3.61. The second kappa shape index (κ2) is 8.46. The van der Waals surface area contributed by atoms with Crippen LogP contribution in [-0.4, -0.2) is 28.7 Å². The molecule has 0 saturated heterocycles. The van der Waals surface area contributed by atoms with Crippen molar-refractivity contribution in [2.45, 2.75) is 31.8 Å². The molecular weight excluding hydrogens is 364 g/mol. The number of nitrogens with one attached hydrogen (secondary N) is 1. The van der Waals surface area contributed by atoms with Crippen LogP contribution in [0.5, 0.6) is 11.5 Å². The van der Waals surface area contributed by atoms with Crippen LogP contribution >= 0.6 is 0 Å². The summed E-state index contributed by atoms with van der Waals surface area (Å²) in [5.41, 5.74) is 2.64. The van der Waals surface area contributed by atoms with Gasteiger partial charge in [0.05, 0.1) is 12.0 Å². The Morgan fingerprint density at radius 3 is 2.38 bits per heavy atom. The van der Waals surface area contributed by atoms with Crippen molar-refractivity contribution in [2.75, 3.05) is 13.7 Å². The molecule has 0 bridgehead atoms. The highest BCUT2D eigenvalue weighted by molar-refractivity contribution is 7.89. The van der Waals surface area contributed by atoms with Crippen LogP contribution in [0.2, 0.25) is 0 Å². The molecule has 0 aliphatic carbocycles. The van der Waals surface area contributed by atoms with Gasteiger partial charge in [-0.2, -0.15) is 8.78 Å². The fraction of sp³-hybridized carbons (Fsp3) is 0.333. The number of hydrogen-bond acceptors (Lipinski definition) is 4. The molecule has 1 N–H and O–H groups in total. The van der Waals surface area contributed by atoms with Crippen molar-refractivity contribution >= 4 is 10.0 Å². The molecule has 5 nitrogen and oxygen atoms in total. The highest BCUT2D eigenvalue weighted by Crippen LogP contribution is 2.29. The van der Waals surface area contributed by atoms with Gasteiger partial charge in [0.1, 0.15) is 0 Å². The Kier molecular flexibility index (Phi) is 6.55. The Labute approximate surface area is 152 Å². The van der Waals surface area contributed by atoms with Gasteiger partial charge in [0, 0.05) is 6.54 Å². The first-order valence-electron chi connectivity index (χ1n) is 7.91. The van der Waals surface area contributed by atoms with Crippen LogP contribution in [0.25, 0.3) is 0 Å². The molecule has 0 fully saturated rings. The molecule has 0 radical (unpaired) electrons. The van der Waals surface area contributed by atoms with Crippen LogP contribution in [-0.2, 0) is 16.4 Å². The van der Waals surface area contributed by atoms with E-state index in [1.807, 2.05) is 13.8 Å². The monoisotopic (exact) mass is 385 g/mol. The summed E-state index contributed by atoms with van der Waals surface area (Å²) in [7, 11) is -2.27. The van der Waals surface area contributed by atoms with Crippen molar-refractivity contribution in [3.63, 3.8) is 0 Å². The van der Waals surface area contributed by atoms with Crippen molar-refractivity contribution in [3.8, 4) is 11.5 Å². The van der Waals surface area contributed by atoms with Crippen LogP contribution in [0, 0.1) is 13.8 Å². The van der Waals surface area contributed by atoms with Crippen LogP contribution in [0.3, 0.4) is 0 Å². The predicted octanol–water partition coefficient (Wildman–Crippen LogP) is 3.43. The molecule has 0 aliphatic heterocycles. The molecule has 2 rings (SSSR count). The van der Waals surface area contributed by atoms with Gasteiger partial charge in [0.15, 0.2) is 11.5 Å². The fourth-order valence-electron chi connectivity index (χ4n) is 2.35. The van der Waals surface area contributed by atoms with E-state index in [2.05, 4.69) is 9.46 Å². The number of sulfonamides is 1. The lowest BCUT2D eigenvalue weighted by Crippen LogP contribution is -2.26. The van der Waals surface area contributed by atoms with E-state index in [0.29, 0.717) is 6.42 Å². The molecule has 0 amide bonds. The van der Waals surface area contributed by atoms with Gasteiger partial charge in [-0.15, -0.1) is 0 Å². The standard InChI is InChI=1S/C18H21F2NO4S/c1-12-4-6-15(10-13(12)2)26(22,23)21-9-8-14-5-7-16(25-18(19)20)17(11-14)24-3/h4-7,10-11,18,21H,8-9H2,1-3H3. The maximum atomic E-state index is 12.3. The third kappa shape index (κ3) is 5.15. The van der Waals surface area contributed by atoms with E-state index < -0.39 is 16.6 Å². The minimum absolute atomic E-state index is 0.0676. The summed E-state index contributed by atoms with van der Waals surface area (Å²) in [6.07, 6.45) is 0.370. The van der Waals surface area contributed by atoms with Crippen LogP contribution in [0.1, 0.15) is 16.7 Å². The maximum absolute atomic E-state index is 12.3. The summed E-state index contributed by atoms with van der Waals surface area (Å²) in [4.78, 5) is 0.207. The Balaban J connectivity index is 2.03. The smallest absolute Gasteiger partial charge is 0.387 e. The van der Waals surface area contributed by atoms with Crippen LogP contribution < -0.4 is 14.2 Å². The molecule has 0 atom stereocenters. The average Bonchev–Trinajstić information content (AvgIpc) is 2.57. The number of halogens is 2. The van der Waals surface area contributed by atoms with Gasteiger partial charge >= 0.3 is 6.61 Å². The summed E-state index contributed by atoms with van der Waals surface area (Å²) < 4.78 is 61.3. The summed E-state index contributed by atoms with van der Waals surface area (Å²) in [6.45, 7) is 0.977. The maximum Gasteiger partial charge on any atom is 0.387 e. The van der Waals surface area contributed by atoms with Gasteiger partial charge in [-0.3, -0.25) is 0 Å². The molecule has 0 aromatic heterocycles. The van der Waals surface area contributed by atoms with E-state index in [4.69, 9.17) is 4.74 Å². The molecule has 26 heavy (non-hydrogen) atoms. The molecule has 0 heterocycles. The Morgan fingerprint density at radius 1 is 1.04 bits per heavy atom. The summed E-state index contributed by atoms with van der Waals surface area (Å²) >= 11 is 0. The number of rotatable bonds is 8. The molecule has 0 saturated carbocycles. The predicted molar refractivity (Wildman–Crippen MR) is 94.4 cm³/mol. The number of methoxy groups -OCH3 is 1. The highest BCUT2D eigenvalue weighted by atomic mass is 32.2. The first kappa shape index (κ1) is 20.1. The van der Waals surface area contributed by atoms with Gasteiger partial charge in [-0.1, -0.05) is 12.1 Å². The van der Waals surface area contributed by atoms with Crippen molar-refractivity contribution < 1.29 is 26.7 Å². The van der Waals surface area contributed by atoms with Crippen molar-refractivity contribution in [1.82, 2.24) is 4.72 Å². The third-order valence-corrected chi connectivity index (χ3v) is 5.40. The Morgan fingerprint density at radius 2 is 1.77 bits per heavy atom. The Hall–Kier alpha value is -2.19. The van der Waals surface area contributed by atoms with Crippen molar-refractivity contribution in [2.24, 2.45) is 0 Å². The van der Waals surface area contributed by atoms with E-state index in [0.717, 1.165) is 16.7 Å². The quantitative estimate of drug-likeness (QED) is 0.756. The summed E-state index contributed by atoms with van der Waals surface area (Å²) in [6, 6.07) is 9.45. The third-order valence-electron chi connectivity index (χ3n) is 3.94. The van der Waals surface area contributed by atoms with Gasteiger partial charge in [0.2, 0.25) is 10.0 Å². The van der Waals surface area contributed by atoms with E-state index >= 15 is 0 Å². The molecule has 0 aliphatic rings. The molecular formula is C18H21F2NO4S. The molecule has 2 aromatic rings. The van der Waals surface area contributed by atoms with E-state index in [1.165, 1.54) is 13.2 Å². The molecule has 0 unspecified atom stereocenters.